The molecule has 1 saturated heterocycles. The van der Waals surface area contributed by atoms with E-state index in [1.807, 2.05) is 18.0 Å². The summed E-state index contributed by atoms with van der Waals surface area (Å²) < 4.78 is 0. The van der Waals surface area contributed by atoms with E-state index in [1.165, 1.54) is 12.8 Å². The van der Waals surface area contributed by atoms with Gasteiger partial charge in [0.2, 0.25) is 0 Å². The van der Waals surface area contributed by atoms with Gasteiger partial charge >= 0.3 is 0 Å². The summed E-state index contributed by atoms with van der Waals surface area (Å²) in [6, 6.07) is 0. The first-order valence-corrected chi connectivity index (χ1v) is 6.70. The Balaban J connectivity index is 2.09. The number of hydrogen-bond donors (Lipinski definition) is 1. The monoisotopic (exact) mass is 223 g/mol. The number of nitrogens with zero attached hydrogens (tertiary/aromatic N) is 2. The van der Waals surface area contributed by atoms with E-state index in [1.54, 1.807) is 12.4 Å². The van der Waals surface area contributed by atoms with Gasteiger partial charge in [0.25, 0.3) is 0 Å². The predicted molar refractivity (Wildman–Crippen MR) is 63.9 cm³/mol. The van der Waals surface area contributed by atoms with Crippen molar-refractivity contribution in [2.75, 3.05) is 19.3 Å². The van der Waals surface area contributed by atoms with Crippen molar-refractivity contribution in [1.29, 1.82) is 0 Å². The molecule has 4 heteroatoms. The molecule has 0 amide bonds. The molecular formula is C11H17N3S. The zero-order valence-corrected chi connectivity index (χ0v) is 9.83. The molecule has 15 heavy (non-hydrogen) atoms. The van der Waals surface area contributed by atoms with Crippen molar-refractivity contribution < 1.29 is 0 Å². The van der Waals surface area contributed by atoms with Crippen molar-refractivity contribution in [1.82, 2.24) is 15.3 Å². The molecule has 1 N–H and O–H groups in total. The molecule has 1 atom stereocenters. The van der Waals surface area contributed by atoms with E-state index >= 15 is 0 Å². The van der Waals surface area contributed by atoms with Gasteiger partial charge in [0, 0.05) is 18.6 Å². The third-order valence-electron chi connectivity index (χ3n) is 2.94. The van der Waals surface area contributed by atoms with Gasteiger partial charge < -0.3 is 5.32 Å². The summed E-state index contributed by atoms with van der Waals surface area (Å²) in [5.74, 6) is 0.748. The van der Waals surface area contributed by atoms with Crippen LogP contribution < -0.4 is 5.32 Å². The molecule has 0 aromatic carbocycles. The van der Waals surface area contributed by atoms with Crippen LogP contribution >= 0.6 is 11.8 Å². The molecule has 1 aromatic heterocycles. The van der Waals surface area contributed by atoms with Gasteiger partial charge in [-0.25, -0.2) is 0 Å². The average molecular weight is 223 g/mol. The first-order valence-electron chi connectivity index (χ1n) is 5.41. The third kappa shape index (κ3) is 2.69. The number of nitrogens with one attached hydrogen (secondary N) is 1. The van der Waals surface area contributed by atoms with Crippen LogP contribution in [0.25, 0.3) is 0 Å². The minimum absolute atomic E-state index is 0.515. The number of rotatable bonds is 3. The molecule has 1 aliphatic heterocycles. The van der Waals surface area contributed by atoms with Crippen LogP contribution in [-0.4, -0.2) is 29.3 Å². The fourth-order valence-electron chi connectivity index (χ4n) is 2.16. The van der Waals surface area contributed by atoms with Crippen molar-refractivity contribution in [3.8, 4) is 0 Å². The van der Waals surface area contributed by atoms with Gasteiger partial charge in [0.1, 0.15) is 0 Å². The summed E-state index contributed by atoms with van der Waals surface area (Å²) in [6.07, 6.45) is 10.1. The van der Waals surface area contributed by atoms with Gasteiger partial charge in [-0.05, 0) is 38.1 Å². The summed E-state index contributed by atoms with van der Waals surface area (Å²) in [7, 11) is 0. The van der Waals surface area contributed by atoms with Crippen LogP contribution in [0.1, 0.15) is 23.8 Å². The number of aromatic nitrogens is 2. The largest absolute Gasteiger partial charge is 0.317 e. The van der Waals surface area contributed by atoms with E-state index in [9.17, 15) is 0 Å². The Labute approximate surface area is 95.1 Å². The van der Waals surface area contributed by atoms with Gasteiger partial charge in [-0.15, -0.1) is 0 Å². The summed E-state index contributed by atoms with van der Waals surface area (Å²) in [5, 5.41) is 3.91. The maximum atomic E-state index is 4.42. The van der Waals surface area contributed by atoms with Gasteiger partial charge in [-0.3, -0.25) is 9.97 Å². The Morgan fingerprint density at radius 2 is 2.20 bits per heavy atom. The lowest BCUT2D eigenvalue weighted by molar-refractivity contribution is 0.364. The van der Waals surface area contributed by atoms with E-state index in [2.05, 4.69) is 21.5 Å². The number of piperidine rings is 1. The maximum Gasteiger partial charge on any atom is 0.0719 e. The Bertz CT molecular complexity index is 285. The Morgan fingerprint density at radius 3 is 2.80 bits per heavy atom. The Morgan fingerprint density at radius 1 is 1.40 bits per heavy atom. The third-order valence-corrected chi connectivity index (χ3v) is 4.07. The standard InChI is InChI=1S/C11H17N3S/c1-15-11(9-2-4-12-5-3-9)10-8-13-6-7-14-10/h6-9,11-12H,2-5H2,1H3. The summed E-state index contributed by atoms with van der Waals surface area (Å²) >= 11 is 1.90. The molecule has 1 aliphatic rings. The lowest BCUT2D eigenvalue weighted by atomic mass is 9.93. The number of hydrogen-bond acceptors (Lipinski definition) is 4. The van der Waals surface area contributed by atoms with Crippen LogP contribution in [0.4, 0.5) is 0 Å². The van der Waals surface area contributed by atoms with Crippen LogP contribution in [0.2, 0.25) is 0 Å². The molecule has 3 nitrogen and oxygen atoms in total. The van der Waals surface area contributed by atoms with Crippen molar-refractivity contribution in [3.05, 3.63) is 24.3 Å². The highest BCUT2D eigenvalue weighted by Gasteiger charge is 2.25. The van der Waals surface area contributed by atoms with Crippen molar-refractivity contribution >= 4 is 11.8 Å². The van der Waals surface area contributed by atoms with Gasteiger partial charge in [-0.1, -0.05) is 0 Å². The van der Waals surface area contributed by atoms with Crippen LogP contribution in [0.3, 0.4) is 0 Å². The average Bonchev–Trinajstić information content (AvgIpc) is 2.33. The zero-order valence-electron chi connectivity index (χ0n) is 9.02. The first-order chi connectivity index (χ1) is 7.42. The van der Waals surface area contributed by atoms with E-state index in [0.29, 0.717) is 5.25 Å². The second kappa shape index (κ2) is 5.47. The molecule has 2 heterocycles. The fraction of sp³-hybridized carbons (Fsp3) is 0.636. The molecule has 0 spiro atoms. The highest BCUT2D eigenvalue weighted by atomic mass is 32.2. The maximum absolute atomic E-state index is 4.42. The molecular weight excluding hydrogens is 206 g/mol. The minimum Gasteiger partial charge on any atom is -0.317 e. The quantitative estimate of drug-likeness (QED) is 0.849. The fourth-order valence-corrected chi connectivity index (χ4v) is 3.18. The molecule has 1 fully saturated rings. The normalized spacial score (nSPS) is 20.1. The molecule has 1 aromatic rings. The van der Waals surface area contributed by atoms with Crippen LogP contribution in [0, 0.1) is 5.92 Å². The van der Waals surface area contributed by atoms with Crippen LogP contribution in [0.5, 0.6) is 0 Å². The SMILES string of the molecule is CSC(c1cnccn1)C1CCNCC1. The molecule has 0 aliphatic carbocycles. The smallest absolute Gasteiger partial charge is 0.0719 e. The lowest BCUT2D eigenvalue weighted by Crippen LogP contribution is -2.30. The second-order valence-electron chi connectivity index (χ2n) is 3.87. The van der Waals surface area contributed by atoms with Gasteiger partial charge in [0.05, 0.1) is 10.9 Å². The Hall–Kier alpha value is -0.610. The van der Waals surface area contributed by atoms with E-state index in [0.717, 1.165) is 24.7 Å². The summed E-state index contributed by atoms with van der Waals surface area (Å²) in [6.45, 7) is 2.28. The molecule has 2 rings (SSSR count). The molecule has 1 unspecified atom stereocenters. The first kappa shape index (κ1) is 10.9. The highest BCUT2D eigenvalue weighted by molar-refractivity contribution is 7.98. The van der Waals surface area contributed by atoms with Gasteiger partial charge in [0.15, 0.2) is 0 Å². The minimum atomic E-state index is 0.515. The molecule has 0 saturated carbocycles. The van der Waals surface area contributed by atoms with Crippen LogP contribution in [-0.2, 0) is 0 Å². The molecule has 82 valence electrons. The van der Waals surface area contributed by atoms with E-state index in [-0.39, 0.29) is 0 Å². The number of thioether (sulfide) groups is 1. The van der Waals surface area contributed by atoms with Crippen LogP contribution in [0.15, 0.2) is 18.6 Å². The second-order valence-corrected chi connectivity index (χ2v) is 4.85. The molecule has 0 radical (unpaired) electrons. The Kier molecular flexibility index (Phi) is 3.97. The van der Waals surface area contributed by atoms with Crippen molar-refractivity contribution in [2.24, 2.45) is 5.92 Å². The zero-order chi connectivity index (χ0) is 10.5. The predicted octanol–water partition coefficient (Wildman–Crippen LogP) is 1.88. The topological polar surface area (TPSA) is 37.8 Å². The van der Waals surface area contributed by atoms with E-state index < -0.39 is 0 Å². The summed E-state index contributed by atoms with van der Waals surface area (Å²) in [5.41, 5.74) is 1.14. The van der Waals surface area contributed by atoms with Crippen molar-refractivity contribution in [2.45, 2.75) is 18.1 Å². The van der Waals surface area contributed by atoms with Crippen molar-refractivity contribution in [3.63, 3.8) is 0 Å². The summed E-state index contributed by atoms with van der Waals surface area (Å²) in [4.78, 5) is 8.58. The van der Waals surface area contributed by atoms with Gasteiger partial charge in [-0.2, -0.15) is 11.8 Å². The molecule has 0 bridgehead atoms. The van der Waals surface area contributed by atoms with E-state index in [4.69, 9.17) is 0 Å². The lowest BCUT2D eigenvalue weighted by Gasteiger charge is -2.28. The highest BCUT2D eigenvalue weighted by Crippen LogP contribution is 2.37.